The molecule has 1 heterocycles. The maximum Gasteiger partial charge on any atom is 0.0701 e. The maximum atomic E-state index is 5.83. The van der Waals surface area contributed by atoms with Gasteiger partial charge < -0.3 is 20.1 Å². The normalized spacial score (nSPS) is 14.6. The van der Waals surface area contributed by atoms with Crippen LogP contribution in [-0.4, -0.2) is 40.0 Å². The highest BCUT2D eigenvalue weighted by Crippen LogP contribution is 2.28. The highest BCUT2D eigenvalue weighted by molar-refractivity contribution is 5.61. The quantitative estimate of drug-likeness (QED) is 0.616. The molecule has 4 heteroatoms. The largest absolute Gasteiger partial charge is 0.399 e. The number of aryl methyl sites for hydroxylation is 1. The van der Waals surface area contributed by atoms with Crippen LogP contribution in [0.3, 0.4) is 0 Å². The van der Waals surface area contributed by atoms with Crippen LogP contribution in [0.4, 0.5) is 11.4 Å². The van der Waals surface area contributed by atoms with E-state index >= 15 is 0 Å². The third-order valence-corrected chi connectivity index (χ3v) is 3.26. The first kappa shape index (κ1) is 13.2. The maximum absolute atomic E-state index is 5.83. The Morgan fingerprint density at radius 2 is 2.17 bits per heavy atom. The number of fused-ring (bicyclic) bond motifs is 1. The molecule has 0 aromatic heterocycles. The van der Waals surface area contributed by atoms with Gasteiger partial charge in [0.25, 0.3) is 0 Å². The van der Waals surface area contributed by atoms with E-state index in [-0.39, 0.29) is 0 Å². The Morgan fingerprint density at radius 1 is 1.28 bits per heavy atom. The number of hydrogen-bond donors (Lipinski definition) is 1. The van der Waals surface area contributed by atoms with Gasteiger partial charge in [0.15, 0.2) is 0 Å². The summed E-state index contributed by atoms with van der Waals surface area (Å²) in [7, 11) is 1.69. The van der Waals surface area contributed by atoms with Crippen LogP contribution in [0, 0.1) is 0 Å². The van der Waals surface area contributed by atoms with Crippen LogP contribution in [0.15, 0.2) is 18.2 Å². The molecular weight excluding hydrogens is 228 g/mol. The first-order valence-corrected chi connectivity index (χ1v) is 6.51. The Kier molecular flexibility index (Phi) is 4.84. The molecule has 1 aliphatic rings. The third-order valence-electron chi connectivity index (χ3n) is 3.26. The molecule has 0 saturated heterocycles. The molecule has 0 fully saturated rings. The molecular formula is C14H22N2O2. The van der Waals surface area contributed by atoms with E-state index in [1.54, 1.807) is 7.11 Å². The van der Waals surface area contributed by atoms with Crippen LogP contribution in [0.25, 0.3) is 0 Å². The minimum absolute atomic E-state index is 0.660. The van der Waals surface area contributed by atoms with Gasteiger partial charge >= 0.3 is 0 Å². The van der Waals surface area contributed by atoms with E-state index in [0.29, 0.717) is 13.2 Å². The van der Waals surface area contributed by atoms with E-state index in [0.717, 1.165) is 31.8 Å². The van der Waals surface area contributed by atoms with Crippen molar-refractivity contribution in [3.05, 3.63) is 23.8 Å². The summed E-state index contributed by atoms with van der Waals surface area (Å²) in [5.74, 6) is 0. The van der Waals surface area contributed by atoms with Gasteiger partial charge in [-0.2, -0.15) is 0 Å². The summed E-state index contributed by atoms with van der Waals surface area (Å²) < 4.78 is 10.5. The van der Waals surface area contributed by atoms with Crippen LogP contribution in [-0.2, 0) is 15.9 Å². The average molecular weight is 250 g/mol. The van der Waals surface area contributed by atoms with E-state index in [4.69, 9.17) is 15.2 Å². The van der Waals surface area contributed by atoms with Crippen molar-refractivity contribution in [1.82, 2.24) is 0 Å². The molecule has 4 nitrogen and oxygen atoms in total. The fraction of sp³-hybridized carbons (Fsp3) is 0.571. The lowest BCUT2D eigenvalue weighted by molar-refractivity contribution is 0.0739. The molecule has 0 unspecified atom stereocenters. The van der Waals surface area contributed by atoms with Crippen molar-refractivity contribution >= 4 is 11.4 Å². The van der Waals surface area contributed by atoms with Crippen molar-refractivity contribution in [2.24, 2.45) is 0 Å². The van der Waals surface area contributed by atoms with E-state index in [2.05, 4.69) is 17.0 Å². The summed E-state index contributed by atoms with van der Waals surface area (Å²) in [6.45, 7) is 4.10. The van der Waals surface area contributed by atoms with Gasteiger partial charge in [-0.15, -0.1) is 0 Å². The van der Waals surface area contributed by atoms with Gasteiger partial charge in [-0.05, 0) is 36.6 Å². The lowest BCUT2D eigenvalue weighted by Gasteiger charge is -2.31. The van der Waals surface area contributed by atoms with Crippen molar-refractivity contribution in [2.75, 3.05) is 50.7 Å². The van der Waals surface area contributed by atoms with Crippen LogP contribution >= 0.6 is 0 Å². The Balaban J connectivity index is 1.88. The Hall–Kier alpha value is -1.26. The number of rotatable bonds is 6. The summed E-state index contributed by atoms with van der Waals surface area (Å²) in [6, 6.07) is 6.19. The number of benzene rings is 1. The van der Waals surface area contributed by atoms with E-state index in [1.165, 1.54) is 17.7 Å². The number of nitrogen functional groups attached to an aromatic ring is 1. The number of nitrogens with two attached hydrogens (primary N) is 1. The number of anilines is 2. The molecule has 0 bridgehead atoms. The summed E-state index contributed by atoms with van der Waals surface area (Å²) in [6.07, 6.45) is 2.32. The minimum Gasteiger partial charge on any atom is -0.399 e. The molecule has 1 aliphatic heterocycles. The highest BCUT2D eigenvalue weighted by atomic mass is 16.5. The molecule has 0 saturated carbocycles. The van der Waals surface area contributed by atoms with E-state index < -0.39 is 0 Å². The van der Waals surface area contributed by atoms with Gasteiger partial charge in [-0.3, -0.25) is 0 Å². The monoisotopic (exact) mass is 250 g/mol. The SMILES string of the molecule is COCCOCCN1CCCc2cc(N)ccc21. The third kappa shape index (κ3) is 3.37. The van der Waals surface area contributed by atoms with Crippen molar-refractivity contribution in [3.63, 3.8) is 0 Å². The van der Waals surface area contributed by atoms with Crippen molar-refractivity contribution < 1.29 is 9.47 Å². The number of methoxy groups -OCH3 is 1. The number of nitrogens with zero attached hydrogens (tertiary/aromatic N) is 1. The van der Waals surface area contributed by atoms with Gasteiger partial charge in [0.05, 0.1) is 19.8 Å². The van der Waals surface area contributed by atoms with Gasteiger partial charge in [-0.25, -0.2) is 0 Å². The zero-order valence-corrected chi connectivity index (χ0v) is 11.0. The zero-order valence-electron chi connectivity index (χ0n) is 11.0. The number of ether oxygens (including phenoxy) is 2. The average Bonchev–Trinajstić information content (AvgIpc) is 2.38. The standard InChI is InChI=1S/C14H22N2O2/c1-17-9-10-18-8-7-16-6-2-3-12-11-13(15)4-5-14(12)16/h4-5,11H,2-3,6-10,15H2,1H3. The van der Waals surface area contributed by atoms with Crippen LogP contribution in [0.5, 0.6) is 0 Å². The first-order valence-electron chi connectivity index (χ1n) is 6.51. The summed E-state index contributed by atoms with van der Waals surface area (Å²) >= 11 is 0. The van der Waals surface area contributed by atoms with Crippen LogP contribution in [0.2, 0.25) is 0 Å². The van der Waals surface area contributed by atoms with Crippen molar-refractivity contribution in [3.8, 4) is 0 Å². The Bertz CT molecular complexity index is 382. The van der Waals surface area contributed by atoms with E-state index in [1.807, 2.05) is 6.07 Å². The summed E-state index contributed by atoms with van der Waals surface area (Å²) in [5, 5.41) is 0. The predicted molar refractivity (Wildman–Crippen MR) is 74.1 cm³/mol. The lowest BCUT2D eigenvalue weighted by atomic mass is 10.0. The molecule has 0 atom stereocenters. The second kappa shape index (κ2) is 6.61. The molecule has 2 rings (SSSR count). The molecule has 2 N–H and O–H groups in total. The molecule has 0 amide bonds. The predicted octanol–water partition coefficient (Wildman–Crippen LogP) is 1.68. The topological polar surface area (TPSA) is 47.7 Å². The molecule has 0 aliphatic carbocycles. The summed E-state index contributed by atoms with van der Waals surface area (Å²) in [4.78, 5) is 2.38. The van der Waals surface area contributed by atoms with Crippen LogP contribution < -0.4 is 10.6 Å². The molecule has 1 aromatic rings. The Labute approximate surface area is 109 Å². The smallest absolute Gasteiger partial charge is 0.0701 e. The van der Waals surface area contributed by atoms with Gasteiger partial charge in [-0.1, -0.05) is 0 Å². The second-order valence-corrected chi connectivity index (χ2v) is 4.58. The van der Waals surface area contributed by atoms with Gasteiger partial charge in [0.1, 0.15) is 0 Å². The molecule has 18 heavy (non-hydrogen) atoms. The van der Waals surface area contributed by atoms with Crippen molar-refractivity contribution in [1.29, 1.82) is 0 Å². The Morgan fingerprint density at radius 3 is 3.00 bits per heavy atom. The second-order valence-electron chi connectivity index (χ2n) is 4.58. The fourth-order valence-corrected chi connectivity index (χ4v) is 2.35. The van der Waals surface area contributed by atoms with Crippen LogP contribution in [0.1, 0.15) is 12.0 Å². The van der Waals surface area contributed by atoms with Gasteiger partial charge in [0, 0.05) is 31.6 Å². The van der Waals surface area contributed by atoms with Crippen molar-refractivity contribution in [2.45, 2.75) is 12.8 Å². The van der Waals surface area contributed by atoms with E-state index in [9.17, 15) is 0 Å². The number of hydrogen-bond acceptors (Lipinski definition) is 4. The molecule has 0 spiro atoms. The molecule has 100 valence electrons. The molecule has 1 aromatic carbocycles. The lowest BCUT2D eigenvalue weighted by Crippen LogP contribution is -2.32. The first-order chi connectivity index (χ1) is 8.81. The zero-order chi connectivity index (χ0) is 12.8. The minimum atomic E-state index is 0.660. The summed E-state index contributed by atoms with van der Waals surface area (Å²) in [5.41, 5.74) is 9.35. The highest BCUT2D eigenvalue weighted by Gasteiger charge is 2.16. The fourth-order valence-electron chi connectivity index (χ4n) is 2.35. The molecule has 0 radical (unpaired) electrons. The van der Waals surface area contributed by atoms with Gasteiger partial charge in [0.2, 0.25) is 0 Å².